The Balaban J connectivity index is 1.37. The summed E-state index contributed by atoms with van der Waals surface area (Å²) in [7, 11) is 0. The molecule has 5 saturated carbocycles. The van der Waals surface area contributed by atoms with Crippen molar-refractivity contribution in [2.75, 3.05) is 0 Å². The summed E-state index contributed by atoms with van der Waals surface area (Å²) >= 11 is 0. The van der Waals surface area contributed by atoms with E-state index in [0.29, 0.717) is 0 Å². The fourth-order valence-corrected chi connectivity index (χ4v) is 9.39. The average Bonchev–Trinajstić information content (AvgIpc) is 3.38. The quantitative estimate of drug-likeness (QED) is 0.467. The van der Waals surface area contributed by atoms with Crippen LogP contribution in [0.2, 0.25) is 0 Å². The van der Waals surface area contributed by atoms with Gasteiger partial charge in [-0.25, -0.2) is 0 Å². The minimum Gasteiger partial charge on any atom is -0.0651 e. The van der Waals surface area contributed by atoms with Crippen LogP contribution in [0.25, 0.3) is 0 Å². The first-order valence-electron chi connectivity index (χ1n) is 11.7. The SMILES string of the molecule is CCC1CC2(CCC3(CC)CCCCC3)CC1C1C3CCC(C3)C12. The molecule has 0 heterocycles. The van der Waals surface area contributed by atoms with Crippen LogP contribution in [0.3, 0.4) is 0 Å². The summed E-state index contributed by atoms with van der Waals surface area (Å²) in [6, 6.07) is 0. The third kappa shape index (κ3) is 2.16. The van der Waals surface area contributed by atoms with Gasteiger partial charge < -0.3 is 0 Å². The van der Waals surface area contributed by atoms with Gasteiger partial charge in [0, 0.05) is 0 Å². The number of hydrogen-bond acceptors (Lipinski definition) is 0. The molecule has 0 amide bonds. The molecule has 0 aliphatic heterocycles. The molecule has 0 saturated heterocycles. The molecule has 24 heavy (non-hydrogen) atoms. The molecule has 5 aliphatic rings. The van der Waals surface area contributed by atoms with Crippen LogP contribution in [0.1, 0.15) is 104 Å². The Morgan fingerprint density at radius 1 is 0.875 bits per heavy atom. The predicted octanol–water partition coefficient (Wildman–Crippen LogP) is 7.23. The maximum atomic E-state index is 2.50. The van der Waals surface area contributed by atoms with Crippen molar-refractivity contribution in [2.24, 2.45) is 46.3 Å². The third-order valence-corrected chi connectivity index (χ3v) is 10.4. The summed E-state index contributed by atoms with van der Waals surface area (Å²) in [6.45, 7) is 5.00. The van der Waals surface area contributed by atoms with E-state index in [-0.39, 0.29) is 0 Å². The molecule has 0 N–H and O–H groups in total. The summed E-state index contributed by atoms with van der Waals surface area (Å²) in [6.07, 6.45) is 22.0. The van der Waals surface area contributed by atoms with Gasteiger partial charge in [0.1, 0.15) is 0 Å². The van der Waals surface area contributed by atoms with Crippen molar-refractivity contribution < 1.29 is 0 Å². The Bertz CT molecular complexity index is 472. The summed E-state index contributed by atoms with van der Waals surface area (Å²) in [5.74, 6) is 6.95. The van der Waals surface area contributed by atoms with E-state index in [1.54, 1.807) is 57.8 Å². The Hall–Kier alpha value is 0. The maximum Gasteiger partial charge on any atom is -0.0258 e. The second-order valence-corrected chi connectivity index (χ2v) is 11.0. The van der Waals surface area contributed by atoms with Crippen molar-refractivity contribution >= 4 is 0 Å². The van der Waals surface area contributed by atoms with Gasteiger partial charge in [0.2, 0.25) is 0 Å². The molecule has 0 aromatic heterocycles. The maximum absolute atomic E-state index is 2.50. The Morgan fingerprint density at radius 3 is 2.42 bits per heavy atom. The van der Waals surface area contributed by atoms with Crippen LogP contribution in [-0.4, -0.2) is 0 Å². The van der Waals surface area contributed by atoms with E-state index in [4.69, 9.17) is 0 Å². The average molecular weight is 329 g/mol. The van der Waals surface area contributed by atoms with Crippen LogP contribution in [0.4, 0.5) is 0 Å². The van der Waals surface area contributed by atoms with Crippen LogP contribution in [-0.2, 0) is 0 Å². The molecule has 4 bridgehead atoms. The minimum absolute atomic E-state index is 0.752. The summed E-state index contributed by atoms with van der Waals surface area (Å²) in [4.78, 5) is 0. The molecule has 0 nitrogen and oxygen atoms in total. The van der Waals surface area contributed by atoms with E-state index >= 15 is 0 Å². The van der Waals surface area contributed by atoms with Crippen molar-refractivity contribution in [3.8, 4) is 0 Å². The van der Waals surface area contributed by atoms with E-state index in [0.717, 1.165) is 34.5 Å². The summed E-state index contributed by atoms with van der Waals surface area (Å²) in [5.41, 5.74) is 1.57. The molecular formula is C24H40. The zero-order valence-corrected chi connectivity index (χ0v) is 16.4. The second kappa shape index (κ2) is 5.75. The zero-order chi connectivity index (χ0) is 16.4. The first-order chi connectivity index (χ1) is 11.7. The molecule has 0 heteroatoms. The smallest absolute Gasteiger partial charge is 0.0258 e. The second-order valence-electron chi connectivity index (χ2n) is 11.0. The van der Waals surface area contributed by atoms with Gasteiger partial charge in [-0.3, -0.25) is 0 Å². The van der Waals surface area contributed by atoms with Crippen molar-refractivity contribution in [3.63, 3.8) is 0 Å². The molecule has 0 aromatic rings. The lowest BCUT2D eigenvalue weighted by Crippen LogP contribution is -2.39. The molecular weight excluding hydrogens is 288 g/mol. The predicted molar refractivity (Wildman–Crippen MR) is 102 cm³/mol. The van der Waals surface area contributed by atoms with Gasteiger partial charge in [-0.05, 0) is 104 Å². The monoisotopic (exact) mass is 328 g/mol. The topological polar surface area (TPSA) is 0 Å². The lowest BCUT2D eigenvalue weighted by Gasteiger charge is -2.47. The largest absolute Gasteiger partial charge is 0.0651 e. The van der Waals surface area contributed by atoms with Crippen molar-refractivity contribution in [1.82, 2.24) is 0 Å². The van der Waals surface area contributed by atoms with Crippen LogP contribution in [0.5, 0.6) is 0 Å². The van der Waals surface area contributed by atoms with Crippen molar-refractivity contribution in [3.05, 3.63) is 0 Å². The van der Waals surface area contributed by atoms with E-state index < -0.39 is 0 Å². The highest BCUT2D eigenvalue weighted by atomic mass is 14.7. The summed E-state index contributed by atoms with van der Waals surface area (Å²) < 4.78 is 0. The van der Waals surface area contributed by atoms with Crippen LogP contribution in [0.15, 0.2) is 0 Å². The Kier molecular flexibility index (Phi) is 3.88. The van der Waals surface area contributed by atoms with Gasteiger partial charge in [0.05, 0.1) is 0 Å². The fraction of sp³-hybridized carbons (Fsp3) is 1.00. The van der Waals surface area contributed by atoms with Crippen LogP contribution < -0.4 is 0 Å². The van der Waals surface area contributed by atoms with Crippen molar-refractivity contribution in [2.45, 2.75) is 104 Å². The van der Waals surface area contributed by atoms with Gasteiger partial charge in [-0.2, -0.15) is 0 Å². The normalized spacial score (nSPS) is 51.2. The highest BCUT2D eigenvalue weighted by Crippen LogP contribution is 2.75. The Morgan fingerprint density at radius 2 is 1.67 bits per heavy atom. The van der Waals surface area contributed by atoms with Crippen molar-refractivity contribution in [1.29, 1.82) is 0 Å². The molecule has 5 fully saturated rings. The molecule has 136 valence electrons. The third-order valence-electron chi connectivity index (χ3n) is 10.4. The number of hydrogen-bond donors (Lipinski definition) is 0. The highest BCUT2D eigenvalue weighted by molar-refractivity contribution is 5.16. The van der Waals surface area contributed by atoms with Gasteiger partial charge in [-0.1, -0.05) is 46.0 Å². The van der Waals surface area contributed by atoms with Gasteiger partial charge >= 0.3 is 0 Å². The summed E-state index contributed by atoms with van der Waals surface area (Å²) in [5, 5.41) is 0. The molecule has 0 radical (unpaired) electrons. The van der Waals surface area contributed by atoms with Gasteiger partial charge in [0.15, 0.2) is 0 Å². The van der Waals surface area contributed by atoms with Gasteiger partial charge in [-0.15, -0.1) is 0 Å². The standard InChI is InChI=1S/C24H40/c1-3-17-15-24(13-12-23(4-2)10-6-5-7-11-23)16-20(17)21-18-8-9-19(14-18)22(21)24/h17-22H,3-16H2,1-2H3. The highest BCUT2D eigenvalue weighted by Gasteiger charge is 2.67. The van der Waals surface area contributed by atoms with Crippen LogP contribution in [0, 0.1) is 46.3 Å². The molecule has 5 aliphatic carbocycles. The first-order valence-corrected chi connectivity index (χ1v) is 11.7. The Labute approximate surface area is 150 Å². The fourth-order valence-electron chi connectivity index (χ4n) is 9.39. The minimum atomic E-state index is 0.752. The van der Waals surface area contributed by atoms with Crippen LogP contribution >= 0.6 is 0 Å². The lowest BCUT2D eigenvalue weighted by molar-refractivity contribution is 0.0239. The molecule has 7 unspecified atom stereocenters. The number of fused-ring (bicyclic) bond motifs is 9. The van der Waals surface area contributed by atoms with Gasteiger partial charge in [0.25, 0.3) is 0 Å². The molecule has 0 spiro atoms. The first kappa shape index (κ1) is 16.2. The molecule has 5 rings (SSSR count). The number of rotatable bonds is 5. The lowest BCUT2D eigenvalue weighted by atomic mass is 9.58. The molecule has 0 aromatic carbocycles. The molecule has 7 atom stereocenters. The van der Waals surface area contributed by atoms with E-state index in [1.165, 1.54) is 43.9 Å². The zero-order valence-electron chi connectivity index (χ0n) is 16.4. The van der Waals surface area contributed by atoms with E-state index in [9.17, 15) is 0 Å². The van der Waals surface area contributed by atoms with E-state index in [2.05, 4.69) is 13.8 Å². The van der Waals surface area contributed by atoms with E-state index in [1.807, 2.05) is 0 Å².